The van der Waals surface area contributed by atoms with Crippen LogP contribution in [0.2, 0.25) is 0 Å². The van der Waals surface area contributed by atoms with Crippen LogP contribution >= 0.6 is 0 Å². The first-order valence-corrected chi connectivity index (χ1v) is 14.7. The maximum Gasteiger partial charge on any atom is 0.254 e. The summed E-state index contributed by atoms with van der Waals surface area (Å²) in [5.41, 5.74) is 3.41. The number of H-pyrrole nitrogens is 1. The van der Waals surface area contributed by atoms with Crippen LogP contribution in [0.4, 0.5) is 4.39 Å². The van der Waals surface area contributed by atoms with Crippen molar-refractivity contribution in [2.75, 3.05) is 32.8 Å². The first kappa shape index (κ1) is 27.8. The molecular formula is C34H36FN3O4. The van der Waals surface area contributed by atoms with Gasteiger partial charge in [0.1, 0.15) is 5.82 Å². The maximum absolute atomic E-state index is 14.3. The van der Waals surface area contributed by atoms with E-state index in [1.807, 2.05) is 50.2 Å². The second-order valence-electron chi connectivity index (χ2n) is 11.2. The predicted octanol–water partition coefficient (Wildman–Crippen LogP) is 5.77. The number of carbonyl (C=O) groups excluding carboxylic acids is 2. The van der Waals surface area contributed by atoms with Gasteiger partial charge < -0.3 is 24.3 Å². The third kappa shape index (κ3) is 4.68. The number of aromatic nitrogens is 1. The molecular weight excluding hydrogens is 533 g/mol. The third-order valence-electron chi connectivity index (χ3n) is 8.53. The molecule has 3 aromatic carbocycles. The molecule has 0 aliphatic carbocycles. The van der Waals surface area contributed by atoms with E-state index in [0.29, 0.717) is 44.2 Å². The molecule has 1 unspecified atom stereocenters. The van der Waals surface area contributed by atoms with E-state index in [-0.39, 0.29) is 30.1 Å². The largest absolute Gasteiger partial charge is 0.490 e. The zero-order valence-electron chi connectivity index (χ0n) is 24.3. The summed E-state index contributed by atoms with van der Waals surface area (Å²) in [6.07, 6.45) is 1.42. The molecule has 218 valence electrons. The molecule has 1 N–H and O–H groups in total. The smallest absolute Gasteiger partial charge is 0.254 e. The first-order valence-electron chi connectivity index (χ1n) is 14.7. The molecule has 2 atom stereocenters. The fraction of sp³-hybridized carbons (Fsp3) is 0.353. The van der Waals surface area contributed by atoms with E-state index < -0.39 is 5.54 Å². The van der Waals surface area contributed by atoms with Crippen LogP contribution in [0.25, 0.3) is 10.9 Å². The number of hydrogen-bond donors (Lipinski definition) is 1. The van der Waals surface area contributed by atoms with Crippen LogP contribution in [-0.4, -0.2) is 59.4 Å². The summed E-state index contributed by atoms with van der Waals surface area (Å²) in [6.45, 7) is 7.70. The van der Waals surface area contributed by atoms with Crippen molar-refractivity contribution in [3.05, 3.63) is 94.9 Å². The summed E-state index contributed by atoms with van der Waals surface area (Å²) in [4.78, 5) is 35.0. The van der Waals surface area contributed by atoms with Gasteiger partial charge in [0.15, 0.2) is 17.0 Å². The summed E-state index contributed by atoms with van der Waals surface area (Å²) < 4.78 is 25.3. The van der Waals surface area contributed by atoms with Crippen LogP contribution < -0.4 is 9.47 Å². The maximum atomic E-state index is 14.3. The quantitative estimate of drug-likeness (QED) is 0.278. The molecule has 6 rings (SSSR count). The average Bonchev–Trinajstić information content (AvgIpc) is 3.39. The fourth-order valence-electron chi connectivity index (χ4n) is 6.41. The highest BCUT2D eigenvalue weighted by atomic mass is 19.1. The topological polar surface area (TPSA) is 74.9 Å². The van der Waals surface area contributed by atoms with Gasteiger partial charge in [0.05, 0.1) is 25.5 Å². The number of halogens is 1. The number of para-hydroxylation sites is 1. The Kier molecular flexibility index (Phi) is 7.39. The van der Waals surface area contributed by atoms with Crippen molar-refractivity contribution in [1.82, 2.24) is 14.8 Å². The van der Waals surface area contributed by atoms with E-state index >= 15 is 0 Å². The molecule has 0 bridgehead atoms. The summed E-state index contributed by atoms with van der Waals surface area (Å²) in [5, 5.41) is 1.03. The lowest BCUT2D eigenvalue weighted by molar-refractivity contribution is -0.166. The van der Waals surface area contributed by atoms with Gasteiger partial charge in [0.2, 0.25) is 5.91 Å². The van der Waals surface area contributed by atoms with Crippen molar-refractivity contribution in [2.45, 2.75) is 45.1 Å². The molecule has 2 aliphatic rings. The van der Waals surface area contributed by atoms with Crippen LogP contribution in [0, 0.1) is 5.82 Å². The molecule has 2 aliphatic heterocycles. The Morgan fingerprint density at radius 1 is 1.00 bits per heavy atom. The first-order chi connectivity index (χ1) is 20.3. The number of piperazine rings is 1. The van der Waals surface area contributed by atoms with Crippen molar-refractivity contribution < 1.29 is 23.5 Å². The fourth-order valence-corrected chi connectivity index (χ4v) is 6.41. The Morgan fingerprint density at radius 2 is 1.79 bits per heavy atom. The molecule has 1 saturated heterocycles. The normalized spacial score (nSPS) is 20.0. The van der Waals surface area contributed by atoms with E-state index in [1.54, 1.807) is 21.9 Å². The predicted molar refractivity (Wildman–Crippen MR) is 159 cm³/mol. The van der Waals surface area contributed by atoms with Crippen molar-refractivity contribution >= 4 is 22.7 Å². The molecule has 4 aromatic rings. The van der Waals surface area contributed by atoms with E-state index in [4.69, 9.17) is 9.47 Å². The lowest BCUT2D eigenvalue weighted by atomic mass is 9.76. The van der Waals surface area contributed by atoms with Gasteiger partial charge in [-0.1, -0.05) is 43.3 Å². The number of ether oxygens (including phenoxy) is 2. The average molecular weight is 570 g/mol. The van der Waals surface area contributed by atoms with Crippen molar-refractivity contribution in [3.8, 4) is 11.5 Å². The molecule has 8 heteroatoms. The van der Waals surface area contributed by atoms with Gasteiger partial charge in [-0.25, -0.2) is 4.39 Å². The number of hydrogen-bond acceptors (Lipinski definition) is 4. The second-order valence-corrected chi connectivity index (χ2v) is 11.2. The van der Waals surface area contributed by atoms with Crippen LogP contribution in [0.3, 0.4) is 0 Å². The number of nitrogens with zero attached hydrogens (tertiary/aromatic N) is 2. The number of aromatic amines is 1. The standard InChI is InChI=1S/C34H36FN3O4/c1-4-18-42-28-15-12-23(19-29(28)41-5-2)26-20-38-30(39)21-37(17-16-22-10-13-24(35)14-11-22)33(40)34(38,3)32-31(26)25-8-6-7-9-27(25)36-32/h6-15,19,26,36H,4-5,16-18,20-21H2,1-3H3/t26?,34-/m0/s1. The molecule has 0 saturated carbocycles. The number of amides is 2. The molecule has 0 radical (unpaired) electrons. The van der Waals surface area contributed by atoms with E-state index in [0.717, 1.165) is 39.7 Å². The Bertz CT molecular complexity index is 1630. The molecule has 2 amide bonds. The van der Waals surface area contributed by atoms with Gasteiger partial charge in [0, 0.05) is 29.9 Å². The number of rotatable bonds is 9. The summed E-state index contributed by atoms with van der Waals surface area (Å²) in [7, 11) is 0. The van der Waals surface area contributed by atoms with E-state index in [2.05, 4.69) is 18.0 Å². The molecule has 7 nitrogen and oxygen atoms in total. The molecule has 3 heterocycles. The Balaban J connectivity index is 1.41. The van der Waals surface area contributed by atoms with Crippen LogP contribution in [0.5, 0.6) is 11.5 Å². The van der Waals surface area contributed by atoms with E-state index in [1.165, 1.54) is 12.1 Å². The van der Waals surface area contributed by atoms with Crippen molar-refractivity contribution in [1.29, 1.82) is 0 Å². The Morgan fingerprint density at radius 3 is 2.55 bits per heavy atom. The molecule has 42 heavy (non-hydrogen) atoms. The highest BCUT2D eigenvalue weighted by molar-refractivity contribution is 6.01. The lowest BCUT2D eigenvalue weighted by Gasteiger charge is -2.51. The van der Waals surface area contributed by atoms with Gasteiger partial charge in [0.25, 0.3) is 5.91 Å². The lowest BCUT2D eigenvalue weighted by Crippen LogP contribution is -2.67. The number of carbonyl (C=O) groups is 2. The zero-order valence-corrected chi connectivity index (χ0v) is 24.3. The minimum absolute atomic E-state index is 0.00584. The molecule has 1 aromatic heterocycles. The number of fused-ring (bicyclic) bond motifs is 5. The third-order valence-corrected chi connectivity index (χ3v) is 8.53. The highest BCUT2D eigenvalue weighted by Crippen LogP contribution is 2.49. The van der Waals surface area contributed by atoms with Gasteiger partial charge in [-0.3, -0.25) is 9.59 Å². The summed E-state index contributed by atoms with van der Waals surface area (Å²) >= 11 is 0. The second kappa shape index (κ2) is 11.2. The molecule has 1 fully saturated rings. The zero-order chi connectivity index (χ0) is 29.4. The van der Waals surface area contributed by atoms with Gasteiger partial charge >= 0.3 is 0 Å². The Hall–Kier alpha value is -4.33. The van der Waals surface area contributed by atoms with E-state index in [9.17, 15) is 14.0 Å². The van der Waals surface area contributed by atoms with Gasteiger partial charge in [-0.05, 0) is 73.7 Å². The minimum Gasteiger partial charge on any atom is -0.490 e. The summed E-state index contributed by atoms with van der Waals surface area (Å²) in [5.74, 6) is 0.679. The monoisotopic (exact) mass is 569 g/mol. The van der Waals surface area contributed by atoms with Crippen LogP contribution in [0.1, 0.15) is 55.5 Å². The number of nitrogens with one attached hydrogen (secondary N) is 1. The Labute approximate surface area is 245 Å². The highest BCUT2D eigenvalue weighted by Gasteiger charge is 2.56. The van der Waals surface area contributed by atoms with Crippen molar-refractivity contribution in [2.24, 2.45) is 0 Å². The summed E-state index contributed by atoms with van der Waals surface area (Å²) in [6, 6.07) is 20.3. The van der Waals surface area contributed by atoms with Crippen LogP contribution in [-0.2, 0) is 21.5 Å². The van der Waals surface area contributed by atoms with Gasteiger partial charge in [-0.2, -0.15) is 0 Å². The van der Waals surface area contributed by atoms with Gasteiger partial charge in [-0.15, -0.1) is 0 Å². The van der Waals surface area contributed by atoms with Crippen molar-refractivity contribution in [3.63, 3.8) is 0 Å². The SMILES string of the molecule is CCCOc1ccc(C2CN3C(=O)CN(CCc4ccc(F)cc4)C(=O)[C@]3(C)c3[nH]c4ccccc4c32)cc1OCC. The number of benzene rings is 3. The molecule has 0 spiro atoms. The minimum atomic E-state index is -1.18. The van der Waals surface area contributed by atoms with Crippen LogP contribution in [0.15, 0.2) is 66.7 Å².